The average Bonchev–Trinajstić information content (AvgIpc) is 2.23. The quantitative estimate of drug-likeness (QED) is 0.483. The van der Waals surface area contributed by atoms with Crippen LogP contribution in [-0.2, 0) is 21.6 Å². The molecule has 0 bridgehead atoms. The fourth-order valence-corrected chi connectivity index (χ4v) is 0.340. The molecule has 8 heavy (non-hydrogen) atoms. The van der Waals surface area contributed by atoms with Gasteiger partial charge in [-0.3, -0.25) is 6.08 Å². The number of rotatable bonds is 0. The van der Waals surface area contributed by atoms with Crippen LogP contribution in [0, 0.1) is 6.08 Å². The molecular weight excluding hydrogens is 147 g/mol. The van der Waals surface area contributed by atoms with Crippen LogP contribution in [0.3, 0.4) is 0 Å². The van der Waals surface area contributed by atoms with Crippen molar-refractivity contribution in [1.29, 1.82) is 0 Å². The van der Waals surface area contributed by atoms with Crippen LogP contribution in [0.5, 0.6) is 0 Å². The minimum absolute atomic E-state index is 0. The second-order valence-electron chi connectivity index (χ2n) is 1.00. The van der Waals surface area contributed by atoms with Crippen molar-refractivity contribution < 1.29 is 24.4 Å². The van der Waals surface area contributed by atoms with Gasteiger partial charge in [0.1, 0.15) is 6.79 Å². The summed E-state index contributed by atoms with van der Waals surface area (Å²) in [6.07, 6.45) is 10.0. The van der Waals surface area contributed by atoms with Gasteiger partial charge in [0.15, 0.2) is 0 Å². The fraction of sp³-hybridized carbons (Fsp3) is 0.167. The Morgan fingerprint density at radius 1 is 1.62 bits per heavy atom. The van der Waals surface area contributed by atoms with E-state index in [0.717, 1.165) is 6.42 Å². The first-order valence-corrected chi connectivity index (χ1v) is 2.01. The molecule has 0 fully saturated rings. The SMILES string of the molecule is C=O.[C-]1=CC=CC1.[Co+3].[H-].[H-]. The molecule has 0 radical (unpaired) electrons. The average molecular weight is 156 g/mol. The van der Waals surface area contributed by atoms with Crippen LogP contribution in [-0.4, -0.2) is 6.79 Å². The van der Waals surface area contributed by atoms with Gasteiger partial charge in [0.25, 0.3) is 0 Å². The van der Waals surface area contributed by atoms with E-state index in [9.17, 15) is 0 Å². The van der Waals surface area contributed by atoms with E-state index >= 15 is 0 Å². The summed E-state index contributed by atoms with van der Waals surface area (Å²) in [5, 5.41) is 0. The zero-order valence-corrected chi connectivity index (χ0v) is 5.43. The van der Waals surface area contributed by atoms with Gasteiger partial charge < -0.3 is 7.65 Å². The molecule has 1 aliphatic carbocycles. The van der Waals surface area contributed by atoms with E-state index in [2.05, 4.69) is 12.2 Å². The molecule has 1 rings (SSSR count). The van der Waals surface area contributed by atoms with Crippen LogP contribution in [0.1, 0.15) is 9.27 Å². The predicted octanol–water partition coefficient (Wildman–Crippen LogP) is 1.34. The van der Waals surface area contributed by atoms with Crippen molar-refractivity contribution in [2.75, 3.05) is 0 Å². The molecule has 0 atom stereocenters. The van der Waals surface area contributed by atoms with E-state index in [-0.39, 0.29) is 19.6 Å². The summed E-state index contributed by atoms with van der Waals surface area (Å²) in [6, 6.07) is 0. The van der Waals surface area contributed by atoms with Crippen LogP contribution in [0.25, 0.3) is 0 Å². The standard InChI is InChI=1S/C5H5.CH2O.Co.2H/c1-2-4-5-3-1;1-2;;;/h1-3H,4H2;1H2;;;/q-1;;+3;2*-1. The Morgan fingerprint density at radius 3 is 2.38 bits per heavy atom. The number of carbonyl (C=O) groups excluding carboxylic acids is 1. The molecule has 48 valence electrons. The predicted molar refractivity (Wildman–Crippen MR) is 30.9 cm³/mol. The third-order valence-corrected chi connectivity index (χ3v) is 0.586. The minimum atomic E-state index is 0. The first-order chi connectivity index (χ1) is 3.50. The maximum atomic E-state index is 8.00. The van der Waals surface area contributed by atoms with E-state index in [1.54, 1.807) is 0 Å². The Morgan fingerprint density at radius 2 is 2.25 bits per heavy atom. The van der Waals surface area contributed by atoms with E-state index in [0.29, 0.717) is 0 Å². The normalized spacial score (nSPS) is 11.5. The Labute approximate surface area is 62.6 Å². The van der Waals surface area contributed by atoms with Gasteiger partial charge in [-0.2, -0.15) is 6.08 Å². The van der Waals surface area contributed by atoms with Crippen molar-refractivity contribution in [2.24, 2.45) is 0 Å². The largest absolute Gasteiger partial charge is 3.00 e. The van der Waals surface area contributed by atoms with Gasteiger partial charge in [0.05, 0.1) is 0 Å². The first-order valence-electron chi connectivity index (χ1n) is 2.01. The molecule has 0 spiro atoms. The minimum Gasteiger partial charge on any atom is -1.00 e. The number of hydrogen-bond acceptors (Lipinski definition) is 1. The summed E-state index contributed by atoms with van der Waals surface area (Å²) in [7, 11) is 0. The fourth-order valence-electron chi connectivity index (χ4n) is 0.340. The van der Waals surface area contributed by atoms with E-state index in [4.69, 9.17) is 4.79 Å². The molecule has 0 aromatic heterocycles. The van der Waals surface area contributed by atoms with Crippen LogP contribution in [0.15, 0.2) is 18.2 Å². The Bertz CT molecular complexity index is 83.7. The molecule has 1 aliphatic rings. The van der Waals surface area contributed by atoms with Crippen molar-refractivity contribution in [3.05, 3.63) is 24.3 Å². The number of allylic oxidation sites excluding steroid dienone is 4. The van der Waals surface area contributed by atoms with Gasteiger partial charge in [0, 0.05) is 0 Å². The van der Waals surface area contributed by atoms with E-state index in [1.165, 1.54) is 0 Å². The monoisotopic (exact) mass is 156 g/mol. The van der Waals surface area contributed by atoms with E-state index in [1.807, 2.05) is 18.9 Å². The van der Waals surface area contributed by atoms with E-state index < -0.39 is 0 Å². The molecule has 2 heteroatoms. The molecule has 0 saturated carbocycles. The molecule has 0 saturated heterocycles. The first kappa shape index (κ1) is 10.6. The van der Waals surface area contributed by atoms with Crippen LogP contribution < -0.4 is 0 Å². The Kier molecular flexibility index (Phi) is 13.0. The third-order valence-electron chi connectivity index (χ3n) is 0.586. The van der Waals surface area contributed by atoms with Crippen LogP contribution in [0.2, 0.25) is 0 Å². The molecule has 1 nitrogen and oxygen atoms in total. The summed E-state index contributed by atoms with van der Waals surface area (Å²) in [5.74, 6) is 0. The van der Waals surface area contributed by atoms with Gasteiger partial charge in [-0.25, -0.2) is 12.2 Å². The van der Waals surface area contributed by atoms with Gasteiger partial charge >= 0.3 is 16.8 Å². The van der Waals surface area contributed by atoms with Gasteiger partial charge in [-0.05, 0) is 0 Å². The maximum absolute atomic E-state index is 8.00. The molecule has 0 amide bonds. The summed E-state index contributed by atoms with van der Waals surface area (Å²) < 4.78 is 0. The molecule has 0 heterocycles. The van der Waals surface area contributed by atoms with Crippen molar-refractivity contribution in [3.8, 4) is 0 Å². The Balaban J connectivity index is -0.0000000337. The van der Waals surface area contributed by atoms with Crippen molar-refractivity contribution >= 4 is 6.79 Å². The molecule has 0 unspecified atom stereocenters. The zero-order chi connectivity index (χ0) is 5.54. The molecule has 0 aromatic rings. The topological polar surface area (TPSA) is 17.1 Å². The summed E-state index contributed by atoms with van der Waals surface area (Å²) in [6.45, 7) is 2.00. The molecular formula is C6H9CoO. The summed E-state index contributed by atoms with van der Waals surface area (Å²) in [4.78, 5) is 8.00. The summed E-state index contributed by atoms with van der Waals surface area (Å²) >= 11 is 0. The molecule has 0 aromatic carbocycles. The third kappa shape index (κ3) is 5.66. The zero-order valence-electron chi connectivity index (χ0n) is 6.39. The smallest absolute Gasteiger partial charge is 1.00 e. The van der Waals surface area contributed by atoms with Crippen molar-refractivity contribution in [2.45, 2.75) is 6.42 Å². The van der Waals surface area contributed by atoms with Gasteiger partial charge in [-0.15, -0.1) is 6.42 Å². The Hall–Kier alpha value is -0.344. The number of carbonyl (C=O) groups is 1. The molecule has 0 aliphatic heterocycles. The van der Waals surface area contributed by atoms with Crippen LogP contribution in [0.4, 0.5) is 0 Å². The van der Waals surface area contributed by atoms with Crippen molar-refractivity contribution in [1.82, 2.24) is 0 Å². The second-order valence-corrected chi connectivity index (χ2v) is 1.00. The van der Waals surface area contributed by atoms with Gasteiger partial charge in [0.2, 0.25) is 0 Å². The second kappa shape index (κ2) is 9.82. The number of hydrogen-bond donors (Lipinski definition) is 0. The maximum Gasteiger partial charge on any atom is 3.00 e. The van der Waals surface area contributed by atoms with Gasteiger partial charge in [-0.1, -0.05) is 0 Å². The van der Waals surface area contributed by atoms with Crippen molar-refractivity contribution in [3.63, 3.8) is 0 Å². The summed E-state index contributed by atoms with van der Waals surface area (Å²) in [5.41, 5.74) is 0. The molecule has 0 N–H and O–H groups in total. The van der Waals surface area contributed by atoms with Crippen LogP contribution >= 0.6 is 0 Å².